The number of thioether (sulfide) groups is 1. The van der Waals surface area contributed by atoms with Crippen molar-refractivity contribution in [2.75, 3.05) is 12.9 Å². The normalized spacial score (nSPS) is 13.5. The molecule has 0 spiro atoms. The summed E-state index contributed by atoms with van der Waals surface area (Å²) in [5, 5.41) is 9.74. The third kappa shape index (κ3) is 4.30. The minimum atomic E-state index is -0.396. The lowest BCUT2D eigenvalue weighted by Gasteiger charge is -2.06. The maximum Gasteiger partial charge on any atom is 0.344 e. The summed E-state index contributed by atoms with van der Waals surface area (Å²) in [4.78, 5) is 35.0. The van der Waals surface area contributed by atoms with Gasteiger partial charge in [-0.2, -0.15) is 0 Å². The number of benzene rings is 1. The molecule has 0 bridgehead atoms. The van der Waals surface area contributed by atoms with E-state index < -0.39 is 5.97 Å². The Balaban J connectivity index is 1.48. The quantitative estimate of drug-likeness (QED) is 0.564. The van der Waals surface area contributed by atoms with E-state index in [0.717, 1.165) is 18.4 Å². The second-order valence-corrected chi connectivity index (χ2v) is 6.61. The summed E-state index contributed by atoms with van der Waals surface area (Å²) in [6.45, 7) is 0.358. The van der Waals surface area contributed by atoms with Crippen LogP contribution in [-0.2, 0) is 16.1 Å². The van der Waals surface area contributed by atoms with Gasteiger partial charge in [-0.15, -0.1) is 5.10 Å². The fourth-order valence-corrected chi connectivity index (χ4v) is 3.15. The largest absolute Gasteiger partial charge is 0.465 e. The molecule has 8 nitrogen and oxygen atoms in total. The number of aromatic nitrogens is 3. The topological polar surface area (TPSA) is 106 Å². The van der Waals surface area contributed by atoms with Gasteiger partial charge in [0.25, 0.3) is 0 Å². The molecule has 0 radical (unpaired) electrons. The minimum Gasteiger partial charge on any atom is -0.465 e. The summed E-state index contributed by atoms with van der Waals surface area (Å²) >= 11 is 1.24. The van der Waals surface area contributed by atoms with Crippen LogP contribution >= 0.6 is 11.8 Å². The number of H-pyrrole nitrogens is 1. The number of methoxy groups -OCH3 is 1. The molecule has 1 aliphatic carbocycles. The van der Waals surface area contributed by atoms with Crippen molar-refractivity contribution >= 4 is 23.6 Å². The van der Waals surface area contributed by atoms with Crippen LogP contribution in [0.2, 0.25) is 0 Å². The molecular weight excluding hydrogens is 344 g/mol. The predicted octanol–water partition coefficient (Wildman–Crippen LogP) is 1.10. The van der Waals surface area contributed by atoms with Gasteiger partial charge in [-0.3, -0.25) is 9.36 Å². The number of hydrogen-bond acceptors (Lipinski definition) is 6. The van der Waals surface area contributed by atoms with Crippen LogP contribution in [0, 0.1) is 0 Å². The number of rotatable bonds is 7. The summed E-state index contributed by atoms with van der Waals surface area (Å²) in [7, 11) is 1.33. The van der Waals surface area contributed by atoms with E-state index >= 15 is 0 Å². The molecule has 0 unspecified atom stereocenters. The van der Waals surface area contributed by atoms with E-state index in [4.69, 9.17) is 0 Å². The lowest BCUT2D eigenvalue weighted by Crippen LogP contribution is -2.25. The van der Waals surface area contributed by atoms with Crippen molar-refractivity contribution in [3.63, 3.8) is 0 Å². The number of esters is 1. The molecule has 132 valence electrons. The van der Waals surface area contributed by atoms with Crippen molar-refractivity contribution in [2.45, 2.75) is 30.6 Å². The van der Waals surface area contributed by atoms with E-state index in [-0.39, 0.29) is 23.4 Å². The standard InChI is InChI=1S/C16H18N4O4S/c1-24-14(22)11-4-2-10(3-5-11)8-17-13(21)9-25-16-19-18-15(23)20(16)12-6-7-12/h2-5,12H,6-9H2,1H3,(H,17,21)(H,18,23). The molecule has 1 saturated carbocycles. The monoisotopic (exact) mass is 362 g/mol. The first-order chi connectivity index (χ1) is 12.1. The second kappa shape index (κ2) is 7.56. The lowest BCUT2D eigenvalue weighted by molar-refractivity contribution is -0.118. The van der Waals surface area contributed by atoms with Crippen LogP contribution in [0.4, 0.5) is 0 Å². The summed E-state index contributed by atoms with van der Waals surface area (Å²) < 4.78 is 6.25. The summed E-state index contributed by atoms with van der Waals surface area (Å²) in [6, 6.07) is 7.04. The van der Waals surface area contributed by atoms with Gasteiger partial charge in [0.05, 0.1) is 18.4 Å². The Bertz CT molecular complexity index is 823. The molecule has 2 N–H and O–H groups in total. The Morgan fingerprint density at radius 2 is 2.08 bits per heavy atom. The van der Waals surface area contributed by atoms with E-state index in [1.807, 2.05) is 0 Å². The summed E-state index contributed by atoms with van der Waals surface area (Å²) in [5.74, 6) is -0.371. The van der Waals surface area contributed by atoms with Gasteiger partial charge in [0.2, 0.25) is 5.91 Å². The molecule has 0 atom stereocenters. The Labute approximate surface area is 148 Å². The fraction of sp³-hybridized carbons (Fsp3) is 0.375. The number of amides is 1. The van der Waals surface area contributed by atoms with Crippen LogP contribution < -0.4 is 11.0 Å². The highest BCUT2D eigenvalue weighted by Gasteiger charge is 2.28. The Morgan fingerprint density at radius 1 is 1.36 bits per heavy atom. The lowest BCUT2D eigenvalue weighted by atomic mass is 10.1. The fourth-order valence-electron chi connectivity index (χ4n) is 2.31. The Morgan fingerprint density at radius 3 is 2.72 bits per heavy atom. The van der Waals surface area contributed by atoms with E-state index in [2.05, 4.69) is 20.3 Å². The molecule has 1 amide bonds. The minimum absolute atomic E-state index is 0.153. The van der Waals surface area contributed by atoms with Crippen LogP contribution in [0.1, 0.15) is 34.8 Å². The van der Waals surface area contributed by atoms with Crippen LogP contribution in [-0.4, -0.2) is 39.5 Å². The number of nitrogens with one attached hydrogen (secondary N) is 2. The number of ether oxygens (including phenoxy) is 1. The van der Waals surface area contributed by atoms with Gasteiger partial charge in [-0.25, -0.2) is 14.7 Å². The van der Waals surface area contributed by atoms with Gasteiger partial charge in [0.15, 0.2) is 5.16 Å². The highest BCUT2D eigenvalue weighted by molar-refractivity contribution is 7.99. The Kier molecular flexibility index (Phi) is 5.22. The van der Waals surface area contributed by atoms with Crippen LogP contribution in [0.5, 0.6) is 0 Å². The van der Waals surface area contributed by atoms with Gasteiger partial charge in [-0.05, 0) is 30.5 Å². The van der Waals surface area contributed by atoms with E-state index in [9.17, 15) is 14.4 Å². The molecule has 1 aromatic heterocycles. The molecule has 0 aliphatic heterocycles. The van der Waals surface area contributed by atoms with Gasteiger partial charge < -0.3 is 10.1 Å². The van der Waals surface area contributed by atoms with E-state index in [1.54, 1.807) is 28.8 Å². The highest BCUT2D eigenvalue weighted by atomic mass is 32.2. The van der Waals surface area contributed by atoms with Crippen LogP contribution in [0.15, 0.2) is 34.2 Å². The zero-order valence-electron chi connectivity index (χ0n) is 13.7. The van der Waals surface area contributed by atoms with Crippen molar-refractivity contribution in [1.82, 2.24) is 20.1 Å². The molecule has 2 aromatic rings. The zero-order valence-corrected chi connectivity index (χ0v) is 14.5. The summed E-state index contributed by atoms with van der Waals surface area (Å²) in [6.07, 6.45) is 1.95. The van der Waals surface area contributed by atoms with Gasteiger partial charge in [0.1, 0.15) is 0 Å². The second-order valence-electron chi connectivity index (χ2n) is 5.67. The first-order valence-electron chi connectivity index (χ1n) is 7.82. The molecule has 1 aromatic carbocycles. The maximum absolute atomic E-state index is 12.0. The highest BCUT2D eigenvalue weighted by Crippen LogP contribution is 2.35. The van der Waals surface area contributed by atoms with Crippen molar-refractivity contribution in [1.29, 1.82) is 0 Å². The van der Waals surface area contributed by atoms with Crippen LogP contribution in [0.3, 0.4) is 0 Å². The van der Waals surface area contributed by atoms with Gasteiger partial charge >= 0.3 is 11.7 Å². The van der Waals surface area contributed by atoms with E-state index in [1.165, 1.54) is 18.9 Å². The number of carbonyl (C=O) groups is 2. The molecule has 1 aliphatic rings. The molecular formula is C16H18N4O4S. The molecule has 25 heavy (non-hydrogen) atoms. The number of aromatic amines is 1. The third-order valence-electron chi connectivity index (χ3n) is 3.78. The molecule has 1 heterocycles. The van der Waals surface area contributed by atoms with Crippen molar-refractivity contribution < 1.29 is 14.3 Å². The smallest absolute Gasteiger partial charge is 0.344 e. The zero-order chi connectivity index (χ0) is 17.8. The van der Waals surface area contributed by atoms with E-state index in [0.29, 0.717) is 17.3 Å². The molecule has 3 rings (SSSR count). The number of nitrogens with zero attached hydrogens (tertiary/aromatic N) is 2. The molecule has 1 fully saturated rings. The van der Waals surface area contributed by atoms with Crippen molar-refractivity contribution in [3.05, 3.63) is 45.9 Å². The summed E-state index contributed by atoms with van der Waals surface area (Å²) in [5.41, 5.74) is 1.11. The van der Waals surface area contributed by atoms with Gasteiger partial charge in [-0.1, -0.05) is 23.9 Å². The first kappa shape index (κ1) is 17.3. The predicted molar refractivity (Wildman–Crippen MR) is 91.5 cm³/mol. The average Bonchev–Trinajstić information content (AvgIpc) is 3.40. The average molecular weight is 362 g/mol. The van der Waals surface area contributed by atoms with Crippen molar-refractivity contribution in [3.8, 4) is 0 Å². The maximum atomic E-state index is 12.0. The molecule has 0 saturated heterocycles. The van der Waals surface area contributed by atoms with Crippen molar-refractivity contribution in [2.24, 2.45) is 0 Å². The third-order valence-corrected chi connectivity index (χ3v) is 4.73. The SMILES string of the molecule is COC(=O)c1ccc(CNC(=O)CSc2n[nH]c(=O)n2C2CC2)cc1. The molecule has 9 heteroatoms. The Hall–Kier alpha value is -2.55. The number of carbonyl (C=O) groups excluding carboxylic acids is 2. The van der Waals surface area contributed by atoms with Gasteiger partial charge in [0, 0.05) is 12.6 Å². The number of hydrogen-bond donors (Lipinski definition) is 2. The van der Waals surface area contributed by atoms with Crippen LogP contribution in [0.25, 0.3) is 0 Å². The first-order valence-corrected chi connectivity index (χ1v) is 8.80.